The lowest BCUT2D eigenvalue weighted by atomic mass is 10.5. The summed E-state index contributed by atoms with van der Waals surface area (Å²) in [5, 5.41) is 8.39. The fourth-order valence-corrected chi connectivity index (χ4v) is 0.829. The minimum atomic E-state index is -1.70. The second-order valence-electron chi connectivity index (χ2n) is 2.58. The number of hydrogen-bond acceptors (Lipinski definition) is 5. The van der Waals surface area contributed by atoms with Gasteiger partial charge in [0.05, 0.1) is 0 Å². The van der Waals surface area contributed by atoms with Gasteiger partial charge in [0.1, 0.15) is 6.61 Å². The number of primary amides is 1. The topological polar surface area (TPSA) is 119 Å². The number of carbonyl (C=O) groups is 3. The Kier molecular flexibility index (Phi) is 5.86. The molecule has 0 aliphatic heterocycles. The maximum atomic E-state index is 11.4. The van der Waals surface area contributed by atoms with E-state index in [1.807, 2.05) is 0 Å². The highest BCUT2D eigenvalue weighted by Crippen LogP contribution is 2.06. The van der Waals surface area contributed by atoms with Crippen molar-refractivity contribution >= 4 is 18.3 Å². The molecule has 0 aromatic heterocycles. The molecule has 94 valence electrons. The molecule has 0 aromatic carbocycles. The van der Waals surface area contributed by atoms with Gasteiger partial charge in [0.25, 0.3) is 0 Å². The zero-order chi connectivity index (χ0) is 13.4. The van der Waals surface area contributed by atoms with Crippen LogP contribution in [0.1, 0.15) is 0 Å². The van der Waals surface area contributed by atoms with Gasteiger partial charge in [0.2, 0.25) is 6.23 Å². The molecule has 8 heteroatoms. The number of ether oxygens (including phenoxy) is 2. The Labute approximate surface area is 96.9 Å². The lowest BCUT2D eigenvalue weighted by Crippen LogP contribution is -2.48. The third-order valence-electron chi connectivity index (χ3n) is 1.44. The fourth-order valence-electron chi connectivity index (χ4n) is 0.829. The third-order valence-corrected chi connectivity index (χ3v) is 1.44. The van der Waals surface area contributed by atoms with Gasteiger partial charge in [0, 0.05) is 0 Å². The predicted octanol–water partition coefficient (Wildman–Crippen LogP) is 0.896. The van der Waals surface area contributed by atoms with Crippen LogP contribution in [0.25, 0.3) is 0 Å². The van der Waals surface area contributed by atoms with Crippen LogP contribution in [-0.2, 0) is 9.47 Å². The molecule has 1 atom stereocenters. The molecule has 3 amide bonds. The minimum absolute atomic E-state index is 0.167. The molecule has 0 aliphatic rings. The number of nitrogens with two attached hydrogens (primary N) is 1. The first-order valence-electron chi connectivity index (χ1n) is 4.32. The number of urea groups is 1. The van der Waals surface area contributed by atoms with Gasteiger partial charge in [-0.1, -0.05) is 19.2 Å². The molecule has 0 saturated heterocycles. The van der Waals surface area contributed by atoms with Gasteiger partial charge in [-0.2, -0.15) is 4.90 Å². The Balaban J connectivity index is 4.85. The molecule has 3 N–H and O–H groups in total. The lowest BCUT2D eigenvalue weighted by Gasteiger charge is -2.23. The van der Waals surface area contributed by atoms with Crippen LogP contribution in [0.15, 0.2) is 25.3 Å². The van der Waals surface area contributed by atoms with Gasteiger partial charge in [-0.3, -0.25) is 0 Å². The van der Waals surface area contributed by atoms with E-state index in [2.05, 4.69) is 22.6 Å². The van der Waals surface area contributed by atoms with Crippen molar-refractivity contribution in [2.75, 3.05) is 6.61 Å². The highest BCUT2D eigenvalue weighted by atomic mass is 16.7. The van der Waals surface area contributed by atoms with E-state index in [0.29, 0.717) is 0 Å². The van der Waals surface area contributed by atoms with Gasteiger partial charge in [-0.25, -0.2) is 14.4 Å². The summed E-state index contributed by atoms with van der Waals surface area (Å²) in [5.74, 6) is 0. The molecule has 0 radical (unpaired) electrons. The van der Waals surface area contributed by atoms with E-state index in [1.165, 1.54) is 6.08 Å². The number of amides is 3. The summed E-state index contributed by atoms with van der Waals surface area (Å²) in [5.41, 5.74) is 4.90. The normalized spacial score (nSPS) is 10.8. The molecule has 1 unspecified atom stereocenters. The number of rotatable bonds is 5. The standard InChI is InChI=1S/C9H12N2O6/c1-3-5-16-8(13)11(7(10)12)6(4-2)17-9(14)15/h3-4,6H,1-2,5H2,(H2,10,12)(H,14,15). The van der Waals surface area contributed by atoms with Crippen LogP contribution >= 0.6 is 0 Å². The summed E-state index contributed by atoms with van der Waals surface area (Å²) >= 11 is 0. The van der Waals surface area contributed by atoms with Crippen LogP contribution < -0.4 is 5.73 Å². The zero-order valence-corrected chi connectivity index (χ0v) is 8.87. The second-order valence-corrected chi connectivity index (χ2v) is 2.58. The smallest absolute Gasteiger partial charge is 0.450 e. The number of carboxylic acid groups (broad SMARTS) is 1. The third kappa shape index (κ3) is 4.69. The molecular formula is C9H12N2O6. The molecule has 0 spiro atoms. The van der Waals surface area contributed by atoms with Crippen molar-refractivity contribution in [1.29, 1.82) is 0 Å². The van der Waals surface area contributed by atoms with Crippen LogP contribution in [0, 0.1) is 0 Å². The molecule has 0 saturated carbocycles. The Bertz CT molecular complexity index is 340. The SMILES string of the molecule is C=CCOC(=O)N(C(N)=O)C(C=C)OC(=O)O. The van der Waals surface area contributed by atoms with Crippen LogP contribution in [0.3, 0.4) is 0 Å². The summed E-state index contributed by atoms with van der Waals surface area (Å²) in [6.45, 7) is 6.34. The summed E-state index contributed by atoms with van der Waals surface area (Å²) in [4.78, 5) is 32.9. The average molecular weight is 244 g/mol. The predicted molar refractivity (Wildman–Crippen MR) is 56.1 cm³/mol. The largest absolute Gasteiger partial charge is 0.507 e. The van der Waals surface area contributed by atoms with Gasteiger partial charge in [0.15, 0.2) is 0 Å². The monoisotopic (exact) mass is 244 g/mol. The summed E-state index contributed by atoms with van der Waals surface area (Å²) in [7, 11) is 0. The molecule has 0 aromatic rings. The molecule has 0 aliphatic carbocycles. The van der Waals surface area contributed by atoms with Crippen molar-refractivity contribution in [3.05, 3.63) is 25.3 Å². The van der Waals surface area contributed by atoms with E-state index in [9.17, 15) is 14.4 Å². The summed E-state index contributed by atoms with van der Waals surface area (Å²) < 4.78 is 8.75. The van der Waals surface area contributed by atoms with Gasteiger partial charge < -0.3 is 20.3 Å². The first-order valence-corrected chi connectivity index (χ1v) is 4.32. The maximum Gasteiger partial charge on any atom is 0.507 e. The van der Waals surface area contributed by atoms with Crippen molar-refractivity contribution < 1.29 is 29.0 Å². The molecule has 0 heterocycles. The minimum Gasteiger partial charge on any atom is -0.450 e. The number of carbonyl (C=O) groups excluding carboxylic acids is 2. The van der Waals surface area contributed by atoms with Crippen molar-refractivity contribution in [2.24, 2.45) is 5.73 Å². The number of hydrogen-bond donors (Lipinski definition) is 2. The summed E-state index contributed by atoms with van der Waals surface area (Å²) in [6.07, 6.45) is -2.24. The van der Waals surface area contributed by atoms with E-state index < -0.39 is 24.5 Å². The van der Waals surface area contributed by atoms with Gasteiger partial charge in [-0.15, -0.1) is 0 Å². The van der Waals surface area contributed by atoms with E-state index >= 15 is 0 Å². The van der Waals surface area contributed by atoms with E-state index in [1.54, 1.807) is 0 Å². The molecule has 0 rings (SSSR count). The van der Waals surface area contributed by atoms with Crippen LogP contribution in [0.2, 0.25) is 0 Å². The van der Waals surface area contributed by atoms with Crippen LogP contribution in [0.5, 0.6) is 0 Å². The van der Waals surface area contributed by atoms with E-state index in [4.69, 9.17) is 10.8 Å². The first-order chi connectivity index (χ1) is 7.93. The number of imide groups is 1. The maximum absolute atomic E-state index is 11.4. The van der Waals surface area contributed by atoms with Crippen LogP contribution in [0.4, 0.5) is 14.4 Å². The quantitative estimate of drug-likeness (QED) is 0.421. The van der Waals surface area contributed by atoms with E-state index in [0.717, 1.165) is 6.08 Å². The Hall–Kier alpha value is -2.51. The molecule has 8 nitrogen and oxygen atoms in total. The van der Waals surface area contributed by atoms with Crippen molar-refractivity contribution in [2.45, 2.75) is 6.23 Å². The van der Waals surface area contributed by atoms with Gasteiger partial charge >= 0.3 is 18.3 Å². The van der Waals surface area contributed by atoms with E-state index in [-0.39, 0.29) is 11.5 Å². The Morgan fingerprint density at radius 3 is 2.35 bits per heavy atom. The molecule has 0 bridgehead atoms. The van der Waals surface area contributed by atoms with Crippen molar-refractivity contribution in [3.8, 4) is 0 Å². The second kappa shape index (κ2) is 6.88. The molecule has 0 fully saturated rings. The lowest BCUT2D eigenvalue weighted by molar-refractivity contribution is 0.0103. The highest BCUT2D eigenvalue weighted by Gasteiger charge is 2.30. The molecule has 17 heavy (non-hydrogen) atoms. The Morgan fingerprint density at radius 1 is 1.41 bits per heavy atom. The number of nitrogens with zero attached hydrogens (tertiary/aromatic N) is 1. The first kappa shape index (κ1) is 14.5. The van der Waals surface area contributed by atoms with Crippen molar-refractivity contribution in [1.82, 2.24) is 4.90 Å². The fraction of sp³-hybridized carbons (Fsp3) is 0.222. The molecular weight excluding hydrogens is 232 g/mol. The van der Waals surface area contributed by atoms with Gasteiger partial charge in [-0.05, 0) is 6.08 Å². The summed E-state index contributed by atoms with van der Waals surface area (Å²) in [6, 6.07) is -1.23. The average Bonchev–Trinajstić information content (AvgIpc) is 2.24. The zero-order valence-electron chi connectivity index (χ0n) is 8.87. The van der Waals surface area contributed by atoms with Crippen molar-refractivity contribution in [3.63, 3.8) is 0 Å². The Morgan fingerprint density at radius 2 is 2.00 bits per heavy atom. The highest BCUT2D eigenvalue weighted by molar-refractivity contribution is 5.90. The van der Waals surface area contributed by atoms with Crippen LogP contribution in [-0.4, -0.2) is 41.1 Å².